The molecule has 1 amide bonds. The van der Waals surface area contributed by atoms with Crippen molar-refractivity contribution in [2.24, 2.45) is 0 Å². The van der Waals surface area contributed by atoms with Crippen LogP contribution in [0.2, 0.25) is 0 Å². The Hall–Kier alpha value is -4.72. The van der Waals surface area contributed by atoms with Crippen molar-refractivity contribution in [1.82, 2.24) is 25.5 Å². The highest BCUT2D eigenvalue weighted by molar-refractivity contribution is 5.95. The molecule has 0 atom stereocenters. The monoisotopic (exact) mass is 489 g/mol. The lowest BCUT2D eigenvalue weighted by atomic mass is 10.1. The minimum Gasteiger partial charge on any atom is -0.352 e. The number of hydrogen-bond acceptors (Lipinski definition) is 6. The van der Waals surface area contributed by atoms with Crippen LogP contribution in [-0.2, 0) is 6.42 Å². The molecule has 2 aromatic heterocycles. The average molecular weight is 490 g/mol. The highest BCUT2D eigenvalue weighted by atomic mass is 16.1. The summed E-state index contributed by atoms with van der Waals surface area (Å²) >= 11 is 0. The van der Waals surface area contributed by atoms with Crippen molar-refractivity contribution in [3.05, 3.63) is 102 Å². The first kappa shape index (κ1) is 22.7. The molecule has 1 fully saturated rings. The smallest absolute Gasteiger partial charge is 0.251 e. The Bertz CT molecular complexity index is 1530. The van der Waals surface area contributed by atoms with Gasteiger partial charge in [0, 0.05) is 40.9 Å². The third-order valence-corrected chi connectivity index (χ3v) is 6.41. The number of carbonyl (C=O) groups excluding carboxylic acids is 1. The van der Waals surface area contributed by atoms with E-state index < -0.39 is 0 Å². The molecule has 1 aliphatic carbocycles. The van der Waals surface area contributed by atoms with Crippen LogP contribution in [0.5, 0.6) is 0 Å². The molecule has 2 heterocycles. The Kier molecular flexibility index (Phi) is 6.21. The third-order valence-electron chi connectivity index (χ3n) is 6.41. The molecule has 3 aromatic carbocycles. The molecule has 8 heteroatoms. The molecule has 4 N–H and O–H groups in total. The zero-order valence-electron chi connectivity index (χ0n) is 20.2. The fourth-order valence-electron chi connectivity index (χ4n) is 4.25. The molecule has 6 rings (SSSR count). The maximum atomic E-state index is 12.5. The maximum Gasteiger partial charge on any atom is 0.251 e. The lowest BCUT2D eigenvalue weighted by Crippen LogP contribution is -2.25. The topological polar surface area (TPSA) is 108 Å². The van der Waals surface area contributed by atoms with E-state index >= 15 is 0 Å². The summed E-state index contributed by atoms with van der Waals surface area (Å²) in [6.07, 6.45) is 3.21. The van der Waals surface area contributed by atoms with E-state index in [4.69, 9.17) is 4.98 Å². The van der Waals surface area contributed by atoms with Gasteiger partial charge in [-0.1, -0.05) is 42.5 Å². The van der Waals surface area contributed by atoms with Gasteiger partial charge in [0.1, 0.15) is 5.82 Å². The lowest BCUT2D eigenvalue weighted by Gasteiger charge is -2.11. The molecule has 1 aliphatic rings. The molecular formula is C29H27N7O. The van der Waals surface area contributed by atoms with Gasteiger partial charge in [0.05, 0.1) is 5.52 Å². The molecule has 37 heavy (non-hydrogen) atoms. The number of aromatic amines is 1. The highest BCUT2D eigenvalue weighted by Gasteiger charge is 2.25. The largest absolute Gasteiger partial charge is 0.352 e. The van der Waals surface area contributed by atoms with E-state index in [9.17, 15) is 4.79 Å². The van der Waals surface area contributed by atoms with E-state index in [-0.39, 0.29) is 5.91 Å². The van der Waals surface area contributed by atoms with Gasteiger partial charge in [0.2, 0.25) is 5.95 Å². The fraction of sp³-hybridized carbons (Fsp3) is 0.172. The first-order chi connectivity index (χ1) is 18.2. The molecule has 0 saturated heterocycles. The summed E-state index contributed by atoms with van der Waals surface area (Å²) in [4.78, 5) is 21.9. The van der Waals surface area contributed by atoms with Crippen LogP contribution >= 0.6 is 0 Å². The van der Waals surface area contributed by atoms with Crippen molar-refractivity contribution < 1.29 is 4.79 Å². The van der Waals surface area contributed by atoms with E-state index in [0.29, 0.717) is 29.8 Å². The molecule has 0 bridgehead atoms. The van der Waals surface area contributed by atoms with Crippen LogP contribution in [0.4, 0.5) is 23.3 Å². The van der Waals surface area contributed by atoms with Crippen molar-refractivity contribution >= 4 is 40.1 Å². The van der Waals surface area contributed by atoms with Gasteiger partial charge in [0.25, 0.3) is 5.91 Å². The van der Waals surface area contributed by atoms with Crippen LogP contribution in [0.1, 0.15) is 40.4 Å². The van der Waals surface area contributed by atoms with Crippen LogP contribution in [0.3, 0.4) is 0 Å². The second-order valence-electron chi connectivity index (χ2n) is 9.21. The summed E-state index contributed by atoms with van der Waals surface area (Å²) in [7, 11) is 0. The number of fused-ring (bicyclic) bond motifs is 1. The quantitative estimate of drug-likeness (QED) is 0.212. The first-order valence-corrected chi connectivity index (χ1v) is 12.5. The van der Waals surface area contributed by atoms with Gasteiger partial charge < -0.3 is 16.0 Å². The average Bonchev–Trinajstić information content (AvgIpc) is 3.68. The van der Waals surface area contributed by atoms with Gasteiger partial charge >= 0.3 is 0 Å². The SMILES string of the molecule is O=C(NCCc1ccccc1)c1ccc(Nc2nc(Nc3cc(C4CC4)[nH]n3)c3ccccc3n2)cc1. The number of amides is 1. The number of H-pyrrole nitrogens is 1. The standard InChI is InChI=1S/C29H27N7O/c37-28(30-17-16-19-6-2-1-3-7-19)21-12-14-22(15-13-21)31-29-32-24-9-5-4-8-23(24)27(34-29)33-26-18-25(35-36-26)20-10-11-20/h1-9,12-15,18,20H,10-11,16-17H2,(H,30,37)(H3,31,32,33,34,35,36). The molecule has 0 spiro atoms. The molecular weight excluding hydrogens is 462 g/mol. The molecule has 0 unspecified atom stereocenters. The van der Waals surface area contributed by atoms with E-state index in [2.05, 4.69) is 43.3 Å². The van der Waals surface area contributed by atoms with Gasteiger partial charge in [0.15, 0.2) is 5.82 Å². The van der Waals surface area contributed by atoms with Crippen LogP contribution in [0.15, 0.2) is 84.9 Å². The molecule has 184 valence electrons. The van der Waals surface area contributed by atoms with Gasteiger partial charge in [-0.3, -0.25) is 9.89 Å². The van der Waals surface area contributed by atoms with Crippen molar-refractivity contribution in [3.8, 4) is 0 Å². The highest BCUT2D eigenvalue weighted by Crippen LogP contribution is 2.39. The number of aromatic nitrogens is 4. The summed E-state index contributed by atoms with van der Waals surface area (Å²) in [5.74, 6) is 2.37. The third kappa shape index (κ3) is 5.43. The van der Waals surface area contributed by atoms with E-state index in [1.165, 1.54) is 18.4 Å². The van der Waals surface area contributed by atoms with Crippen LogP contribution in [0, 0.1) is 0 Å². The van der Waals surface area contributed by atoms with Crippen molar-refractivity contribution in [2.45, 2.75) is 25.2 Å². The zero-order valence-corrected chi connectivity index (χ0v) is 20.2. The Morgan fingerprint density at radius 3 is 2.49 bits per heavy atom. The van der Waals surface area contributed by atoms with E-state index in [1.807, 2.05) is 60.7 Å². The molecule has 1 saturated carbocycles. The van der Waals surface area contributed by atoms with E-state index in [0.717, 1.165) is 34.5 Å². The molecule has 0 aliphatic heterocycles. The number of nitrogens with zero attached hydrogens (tertiary/aromatic N) is 3. The Morgan fingerprint density at radius 2 is 1.68 bits per heavy atom. The number of rotatable bonds is 9. The predicted octanol–water partition coefficient (Wildman–Crippen LogP) is 5.69. The summed E-state index contributed by atoms with van der Waals surface area (Å²) < 4.78 is 0. The van der Waals surface area contributed by atoms with Crippen molar-refractivity contribution in [3.63, 3.8) is 0 Å². The maximum absolute atomic E-state index is 12.5. The van der Waals surface area contributed by atoms with Crippen LogP contribution < -0.4 is 16.0 Å². The number of anilines is 4. The Labute approximate surface area is 214 Å². The summed E-state index contributed by atoms with van der Waals surface area (Å²) in [5.41, 5.74) is 4.56. The normalized spacial score (nSPS) is 12.9. The predicted molar refractivity (Wildman–Crippen MR) is 146 cm³/mol. The van der Waals surface area contributed by atoms with Crippen molar-refractivity contribution in [1.29, 1.82) is 0 Å². The first-order valence-electron chi connectivity index (χ1n) is 12.5. The minimum absolute atomic E-state index is 0.0968. The van der Waals surface area contributed by atoms with Gasteiger partial charge in [-0.15, -0.1) is 0 Å². The van der Waals surface area contributed by atoms with Crippen LogP contribution in [0.25, 0.3) is 10.9 Å². The molecule has 8 nitrogen and oxygen atoms in total. The van der Waals surface area contributed by atoms with Crippen molar-refractivity contribution in [2.75, 3.05) is 17.2 Å². The second-order valence-corrected chi connectivity index (χ2v) is 9.21. The second kappa shape index (κ2) is 10.1. The summed E-state index contributed by atoms with van der Waals surface area (Å²) in [6, 6.07) is 27.3. The number of para-hydroxylation sites is 1. The zero-order chi connectivity index (χ0) is 25.0. The number of carbonyl (C=O) groups is 1. The number of benzene rings is 3. The molecule has 5 aromatic rings. The Morgan fingerprint density at radius 1 is 0.892 bits per heavy atom. The van der Waals surface area contributed by atoms with Crippen LogP contribution in [-0.4, -0.2) is 32.6 Å². The number of nitrogens with one attached hydrogen (secondary N) is 4. The lowest BCUT2D eigenvalue weighted by molar-refractivity contribution is 0.0954. The van der Waals surface area contributed by atoms with E-state index in [1.54, 1.807) is 12.1 Å². The molecule has 0 radical (unpaired) electrons. The Balaban J connectivity index is 1.14. The fourth-order valence-corrected chi connectivity index (χ4v) is 4.25. The van der Waals surface area contributed by atoms with Gasteiger partial charge in [-0.2, -0.15) is 10.1 Å². The van der Waals surface area contributed by atoms with Gasteiger partial charge in [-0.25, -0.2) is 4.98 Å². The summed E-state index contributed by atoms with van der Waals surface area (Å²) in [6.45, 7) is 0.585. The minimum atomic E-state index is -0.0968. The van der Waals surface area contributed by atoms with Gasteiger partial charge in [-0.05, 0) is 61.2 Å². The summed E-state index contributed by atoms with van der Waals surface area (Å²) in [5, 5.41) is 18.0. The number of hydrogen-bond donors (Lipinski definition) is 4.